The van der Waals surface area contributed by atoms with Crippen LogP contribution in [0.1, 0.15) is 36.5 Å². The summed E-state index contributed by atoms with van der Waals surface area (Å²) in [6.07, 6.45) is 3.41. The molecule has 2 fully saturated rings. The quantitative estimate of drug-likeness (QED) is 0.769. The van der Waals surface area contributed by atoms with Crippen LogP contribution in [0.5, 0.6) is 11.5 Å². The molecule has 3 rings (SSSR count). The minimum Gasteiger partial charge on any atom is -0.493 e. The van der Waals surface area contributed by atoms with Crippen molar-refractivity contribution in [3.05, 3.63) is 23.8 Å². The molecule has 1 atom stereocenters. The summed E-state index contributed by atoms with van der Waals surface area (Å²) >= 11 is 0. The van der Waals surface area contributed by atoms with Gasteiger partial charge in [0.25, 0.3) is 5.91 Å². The van der Waals surface area contributed by atoms with E-state index in [1.165, 1.54) is 6.42 Å². The van der Waals surface area contributed by atoms with Crippen LogP contribution in [0.15, 0.2) is 18.2 Å². The number of methoxy groups -OCH3 is 2. The maximum Gasteiger partial charge on any atom is 0.254 e. The summed E-state index contributed by atoms with van der Waals surface area (Å²) in [5, 5.41) is 0. The highest BCUT2D eigenvalue weighted by molar-refractivity contribution is 5.95. The van der Waals surface area contributed by atoms with E-state index in [1.54, 1.807) is 32.4 Å². The summed E-state index contributed by atoms with van der Waals surface area (Å²) in [6.45, 7) is 6.13. The van der Waals surface area contributed by atoms with Gasteiger partial charge in [-0.3, -0.25) is 14.5 Å². The second kappa shape index (κ2) is 9.28. The van der Waals surface area contributed by atoms with Crippen LogP contribution in [-0.2, 0) is 4.79 Å². The smallest absolute Gasteiger partial charge is 0.254 e. The highest BCUT2D eigenvalue weighted by Crippen LogP contribution is 2.28. The Morgan fingerprint density at radius 3 is 2.36 bits per heavy atom. The molecule has 0 radical (unpaired) electrons. The maximum absolute atomic E-state index is 12.8. The van der Waals surface area contributed by atoms with Crippen LogP contribution < -0.4 is 9.47 Å². The van der Waals surface area contributed by atoms with E-state index in [0.717, 1.165) is 19.4 Å². The van der Waals surface area contributed by atoms with Gasteiger partial charge in [0, 0.05) is 44.3 Å². The van der Waals surface area contributed by atoms with E-state index in [2.05, 4.69) is 11.8 Å². The van der Waals surface area contributed by atoms with E-state index in [4.69, 9.17) is 9.47 Å². The first-order valence-electron chi connectivity index (χ1n) is 10.1. The van der Waals surface area contributed by atoms with Gasteiger partial charge in [0.1, 0.15) is 0 Å². The highest BCUT2D eigenvalue weighted by atomic mass is 16.5. The van der Waals surface area contributed by atoms with Gasteiger partial charge in [-0.15, -0.1) is 0 Å². The molecule has 0 spiro atoms. The molecule has 2 aliphatic heterocycles. The van der Waals surface area contributed by atoms with E-state index < -0.39 is 0 Å². The minimum atomic E-state index is -0.0171. The van der Waals surface area contributed by atoms with E-state index >= 15 is 0 Å². The zero-order valence-electron chi connectivity index (χ0n) is 17.1. The van der Waals surface area contributed by atoms with Gasteiger partial charge in [-0.2, -0.15) is 0 Å². The Morgan fingerprint density at radius 1 is 1.00 bits per heavy atom. The topological polar surface area (TPSA) is 62.3 Å². The molecule has 1 aromatic carbocycles. The number of ether oxygens (including phenoxy) is 2. The summed E-state index contributed by atoms with van der Waals surface area (Å²) < 4.78 is 10.5. The summed E-state index contributed by atoms with van der Waals surface area (Å²) in [4.78, 5) is 31.5. The number of benzene rings is 1. The number of carbonyl (C=O) groups excluding carboxylic acids is 2. The Labute approximate surface area is 167 Å². The van der Waals surface area contributed by atoms with Crippen LogP contribution in [0.2, 0.25) is 0 Å². The first-order chi connectivity index (χ1) is 13.5. The minimum absolute atomic E-state index is 0.0171. The van der Waals surface area contributed by atoms with Crippen molar-refractivity contribution in [3.63, 3.8) is 0 Å². The molecule has 0 aromatic heterocycles. The van der Waals surface area contributed by atoms with E-state index in [-0.39, 0.29) is 11.8 Å². The Kier molecular flexibility index (Phi) is 6.78. The van der Waals surface area contributed by atoms with Crippen LogP contribution in [0, 0.1) is 0 Å². The van der Waals surface area contributed by atoms with Gasteiger partial charge in [0.05, 0.1) is 20.8 Å². The first-order valence-corrected chi connectivity index (χ1v) is 10.1. The molecule has 2 saturated heterocycles. The second-order valence-electron chi connectivity index (χ2n) is 7.57. The van der Waals surface area contributed by atoms with Crippen molar-refractivity contribution in [1.29, 1.82) is 0 Å². The number of likely N-dealkylation sites (tertiary alicyclic amines) is 1. The first kappa shape index (κ1) is 20.5. The molecule has 154 valence electrons. The third-order valence-corrected chi connectivity index (χ3v) is 5.77. The molecule has 1 aromatic rings. The molecule has 2 aliphatic rings. The number of amides is 2. The van der Waals surface area contributed by atoms with Gasteiger partial charge in [-0.25, -0.2) is 0 Å². The standard InChI is InChI=1S/C21H31N3O4/c1-16-6-4-5-9-24(16)20(25)15-22-10-12-23(13-11-22)21(26)17-7-8-18(27-2)19(14-17)28-3/h7-8,14,16H,4-6,9-13,15H2,1-3H3. The zero-order valence-corrected chi connectivity index (χ0v) is 17.1. The van der Waals surface area contributed by atoms with Crippen molar-refractivity contribution < 1.29 is 19.1 Å². The van der Waals surface area contributed by atoms with Gasteiger partial charge in [0.2, 0.25) is 5.91 Å². The number of nitrogens with zero attached hydrogens (tertiary/aromatic N) is 3. The molecular formula is C21H31N3O4. The molecule has 0 saturated carbocycles. The lowest BCUT2D eigenvalue weighted by atomic mass is 10.0. The van der Waals surface area contributed by atoms with Crippen molar-refractivity contribution >= 4 is 11.8 Å². The van der Waals surface area contributed by atoms with Gasteiger partial charge in [-0.05, 0) is 44.4 Å². The molecule has 7 heteroatoms. The summed E-state index contributed by atoms with van der Waals surface area (Å²) in [5.41, 5.74) is 0.587. The van der Waals surface area contributed by atoms with Gasteiger partial charge in [0.15, 0.2) is 11.5 Å². The Hall–Kier alpha value is -2.28. The molecular weight excluding hydrogens is 358 g/mol. The number of hydrogen-bond donors (Lipinski definition) is 0. The lowest BCUT2D eigenvalue weighted by Gasteiger charge is -2.38. The molecule has 0 N–H and O–H groups in total. The fourth-order valence-corrected chi connectivity index (χ4v) is 4.01. The van der Waals surface area contributed by atoms with Crippen molar-refractivity contribution in [3.8, 4) is 11.5 Å². The fourth-order valence-electron chi connectivity index (χ4n) is 4.01. The summed E-state index contributed by atoms with van der Waals surface area (Å²) in [6, 6.07) is 5.57. The second-order valence-corrected chi connectivity index (χ2v) is 7.57. The molecule has 2 amide bonds. The van der Waals surface area contributed by atoms with Crippen LogP contribution in [0.3, 0.4) is 0 Å². The maximum atomic E-state index is 12.8. The zero-order chi connectivity index (χ0) is 20.1. The molecule has 28 heavy (non-hydrogen) atoms. The largest absolute Gasteiger partial charge is 0.493 e. The summed E-state index contributed by atoms with van der Waals surface area (Å²) in [7, 11) is 3.13. The predicted octanol–water partition coefficient (Wildman–Crippen LogP) is 1.86. The number of hydrogen-bond acceptors (Lipinski definition) is 5. The molecule has 0 aliphatic carbocycles. The molecule has 0 bridgehead atoms. The summed E-state index contributed by atoms with van der Waals surface area (Å²) in [5.74, 6) is 1.35. The SMILES string of the molecule is COc1ccc(C(=O)N2CCN(CC(=O)N3CCCCC3C)CC2)cc1OC. The van der Waals surface area contributed by atoms with Gasteiger partial charge >= 0.3 is 0 Å². The normalized spacial score (nSPS) is 20.8. The third-order valence-electron chi connectivity index (χ3n) is 5.77. The molecule has 7 nitrogen and oxygen atoms in total. The number of piperazine rings is 1. The van der Waals surface area contributed by atoms with Crippen molar-refractivity contribution in [2.45, 2.75) is 32.2 Å². The lowest BCUT2D eigenvalue weighted by Crippen LogP contribution is -2.53. The van der Waals surface area contributed by atoms with Crippen LogP contribution in [0.25, 0.3) is 0 Å². The number of piperidine rings is 1. The van der Waals surface area contributed by atoms with Crippen molar-refractivity contribution in [2.75, 3.05) is 53.5 Å². The predicted molar refractivity (Wildman–Crippen MR) is 107 cm³/mol. The Bertz CT molecular complexity index is 701. The lowest BCUT2D eigenvalue weighted by molar-refractivity contribution is -0.136. The molecule has 1 unspecified atom stereocenters. The highest BCUT2D eigenvalue weighted by Gasteiger charge is 2.28. The van der Waals surface area contributed by atoms with Gasteiger partial charge < -0.3 is 19.3 Å². The average Bonchev–Trinajstić information content (AvgIpc) is 2.73. The Balaban J connectivity index is 1.53. The monoisotopic (exact) mass is 389 g/mol. The molecule has 2 heterocycles. The van der Waals surface area contributed by atoms with Crippen molar-refractivity contribution in [2.24, 2.45) is 0 Å². The van der Waals surface area contributed by atoms with Gasteiger partial charge in [-0.1, -0.05) is 0 Å². The van der Waals surface area contributed by atoms with Crippen molar-refractivity contribution in [1.82, 2.24) is 14.7 Å². The van der Waals surface area contributed by atoms with E-state index in [1.807, 2.05) is 9.80 Å². The Morgan fingerprint density at radius 2 is 1.71 bits per heavy atom. The van der Waals surface area contributed by atoms with E-state index in [9.17, 15) is 9.59 Å². The average molecular weight is 389 g/mol. The van der Waals surface area contributed by atoms with E-state index in [0.29, 0.717) is 55.8 Å². The third kappa shape index (κ3) is 4.58. The van der Waals surface area contributed by atoms with Crippen LogP contribution >= 0.6 is 0 Å². The number of carbonyl (C=O) groups is 2. The fraction of sp³-hybridized carbons (Fsp3) is 0.619. The van der Waals surface area contributed by atoms with Crippen LogP contribution in [0.4, 0.5) is 0 Å². The number of rotatable bonds is 5. The van der Waals surface area contributed by atoms with Crippen LogP contribution in [-0.4, -0.2) is 86.0 Å².